The third-order valence-electron chi connectivity index (χ3n) is 3.67. The van der Waals surface area contributed by atoms with Gasteiger partial charge in [0.15, 0.2) is 0 Å². The largest absolute Gasteiger partial charge is 0.488 e. The maximum atomic E-state index is 13.9. The summed E-state index contributed by atoms with van der Waals surface area (Å²) in [6.07, 6.45) is 1.12. The number of nitrogens with one attached hydrogen (secondary N) is 1. The third kappa shape index (κ3) is 5.76. The van der Waals surface area contributed by atoms with Crippen LogP contribution in [0.4, 0.5) is 4.39 Å². The molecule has 0 aliphatic carbocycles. The van der Waals surface area contributed by atoms with Gasteiger partial charge >= 0.3 is 0 Å². The number of halogens is 3. The lowest BCUT2D eigenvalue weighted by atomic mass is 10.1. The van der Waals surface area contributed by atoms with Crippen LogP contribution >= 0.6 is 27.5 Å². The molecule has 0 aliphatic rings. The first kappa shape index (κ1) is 19.2. The van der Waals surface area contributed by atoms with Crippen LogP contribution in [-0.4, -0.2) is 6.54 Å². The molecular formula is C19H22BrClFNO. The minimum atomic E-state index is -0.351. The number of ether oxygens (including phenoxy) is 1. The van der Waals surface area contributed by atoms with Crippen LogP contribution in [0.25, 0.3) is 0 Å². The molecule has 1 N–H and O–H groups in total. The van der Waals surface area contributed by atoms with E-state index in [0.29, 0.717) is 23.0 Å². The molecule has 0 amide bonds. The van der Waals surface area contributed by atoms with Gasteiger partial charge in [0.05, 0.1) is 5.02 Å². The van der Waals surface area contributed by atoms with E-state index in [1.54, 1.807) is 12.1 Å². The minimum absolute atomic E-state index is 0.103. The van der Waals surface area contributed by atoms with E-state index in [2.05, 4.69) is 35.1 Å². The van der Waals surface area contributed by atoms with E-state index >= 15 is 0 Å². The Morgan fingerprint density at radius 2 is 2.04 bits per heavy atom. The lowest BCUT2D eigenvalue weighted by molar-refractivity contribution is 0.296. The fourth-order valence-electron chi connectivity index (χ4n) is 2.26. The van der Waals surface area contributed by atoms with Crippen LogP contribution in [0.3, 0.4) is 0 Å². The molecule has 0 fully saturated rings. The molecule has 0 atom stereocenters. The van der Waals surface area contributed by atoms with Crippen LogP contribution in [-0.2, 0) is 13.2 Å². The summed E-state index contributed by atoms with van der Waals surface area (Å²) in [6, 6.07) is 10.5. The molecular weight excluding hydrogens is 393 g/mol. The van der Waals surface area contributed by atoms with Crippen molar-refractivity contribution in [1.29, 1.82) is 0 Å². The molecule has 24 heavy (non-hydrogen) atoms. The Labute approximate surface area is 156 Å². The zero-order valence-corrected chi connectivity index (χ0v) is 16.3. The summed E-state index contributed by atoms with van der Waals surface area (Å²) in [6.45, 7) is 6.16. The lowest BCUT2D eigenvalue weighted by Crippen LogP contribution is -2.17. The van der Waals surface area contributed by atoms with Gasteiger partial charge in [0.2, 0.25) is 0 Å². The van der Waals surface area contributed by atoms with Gasteiger partial charge in [0, 0.05) is 22.1 Å². The predicted octanol–water partition coefficient (Wildman–Crippen LogP) is 5.96. The minimum Gasteiger partial charge on any atom is -0.488 e. The second kappa shape index (κ2) is 9.40. The van der Waals surface area contributed by atoms with Gasteiger partial charge in [-0.05, 0) is 49.2 Å². The van der Waals surface area contributed by atoms with Gasteiger partial charge in [-0.2, -0.15) is 0 Å². The van der Waals surface area contributed by atoms with Crippen LogP contribution in [0, 0.1) is 11.7 Å². The van der Waals surface area contributed by atoms with Crippen LogP contribution in [0.1, 0.15) is 31.4 Å². The number of hydrogen-bond acceptors (Lipinski definition) is 2. The van der Waals surface area contributed by atoms with Gasteiger partial charge in [-0.25, -0.2) is 4.39 Å². The first-order valence-electron chi connectivity index (χ1n) is 8.02. The smallest absolute Gasteiger partial charge is 0.131 e. The highest BCUT2D eigenvalue weighted by Crippen LogP contribution is 2.26. The first-order chi connectivity index (χ1) is 11.5. The molecule has 0 bridgehead atoms. The summed E-state index contributed by atoms with van der Waals surface area (Å²) in [7, 11) is 0. The lowest BCUT2D eigenvalue weighted by Gasteiger charge is -2.14. The maximum absolute atomic E-state index is 13.9. The van der Waals surface area contributed by atoms with Crippen LogP contribution in [0.15, 0.2) is 40.9 Å². The molecule has 0 heterocycles. The predicted molar refractivity (Wildman–Crippen MR) is 101 cm³/mol. The van der Waals surface area contributed by atoms with E-state index in [-0.39, 0.29) is 12.4 Å². The summed E-state index contributed by atoms with van der Waals surface area (Å²) < 4.78 is 20.7. The Balaban J connectivity index is 2.04. The zero-order valence-electron chi connectivity index (χ0n) is 13.9. The number of rotatable bonds is 8. The Kier molecular flexibility index (Phi) is 7.53. The van der Waals surface area contributed by atoms with Crippen molar-refractivity contribution in [2.75, 3.05) is 6.54 Å². The summed E-state index contributed by atoms with van der Waals surface area (Å²) in [5.41, 5.74) is 1.40. The normalized spacial score (nSPS) is 11.1. The Morgan fingerprint density at radius 3 is 2.75 bits per heavy atom. The molecule has 0 saturated carbocycles. The summed E-state index contributed by atoms with van der Waals surface area (Å²) >= 11 is 9.54. The quantitative estimate of drug-likeness (QED) is 0.538. The van der Waals surface area contributed by atoms with Crippen molar-refractivity contribution >= 4 is 27.5 Å². The molecule has 0 aromatic heterocycles. The van der Waals surface area contributed by atoms with Gasteiger partial charge in [0.25, 0.3) is 0 Å². The van der Waals surface area contributed by atoms with E-state index < -0.39 is 0 Å². The van der Waals surface area contributed by atoms with E-state index in [9.17, 15) is 4.39 Å². The van der Waals surface area contributed by atoms with Gasteiger partial charge < -0.3 is 10.1 Å². The Morgan fingerprint density at radius 1 is 1.25 bits per heavy atom. The van der Waals surface area contributed by atoms with E-state index in [1.807, 2.05) is 18.2 Å². The van der Waals surface area contributed by atoms with Crippen molar-refractivity contribution in [3.63, 3.8) is 0 Å². The molecule has 2 rings (SSSR count). The SMILES string of the molecule is CC(C)CCNCc1cc(Br)ccc1OCc1c(F)cccc1Cl. The average Bonchev–Trinajstić information content (AvgIpc) is 2.52. The average molecular weight is 415 g/mol. The summed E-state index contributed by atoms with van der Waals surface area (Å²) in [4.78, 5) is 0. The molecule has 0 spiro atoms. The van der Waals surface area contributed by atoms with Gasteiger partial charge in [-0.1, -0.05) is 47.4 Å². The molecule has 0 saturated heterocycles. The number of hydrogen-bond donors (Lipinski definition) is 1. The molecule has 0 radical (unpaired) electrons. The van der Waals surface area contributed by atoms with Gasteiger partial charge in [-0.15, -0.1) is 0 Å². The standard InChI is InChI=1S/C19H22BrClFNO/c1-13(2)8-9-23-11-14-10-15(20)6-7-19(14)24-12-16-17(21)4-3-5-18(16)22/h3-7,10,13,23H,8-9,11-12H2,1-2H3. The van der Waals surface area contributed by atoms with E-state index in [0.717, 1.165) is 28.8 Å². The van der Waals surface area contributed by atoms with Crippen molar-refractivity contribution in [2.45, 2.75) is 33.4 Å². The zero-order chi connectivity index (χ0) is 17.5. The molecule has 5 heteroatoms. The van der Waals surface area contributed by atoms with Gasteiger partial charge in [-0.3, -0.25) is 0 Å². The molecule has 0 unspecified atom stereocenters. The van der Waals surface area contributed by atoms with Crippen LogP contribution < -0.4 is 10.1 Å². The molecule has 0 aliphatic heterocycles. The van der Waals surface area contributed by atoms with Crippen LogP contribution in [0.5, 0.6) is 5.75 Å². The highest BCUT2D eigenvalue weighted by molar-refractivity contribution is 9.10. The second-order valence-electron chi connectivity index (χ2n) is 6.10. The number of benzene rings is 2. The Bertz CT molecular complexity index is 658. The third-order valence-corrected chi connectivity index (χ3v) is 4.52. The Hall–Kier alpha value is -1.10. The van der Waals surface area contributed by atoms with E-state index in [4.69, 9.17) is 16.3 Å². The van der Waals surface area contributed by atoms with Crippen molar-refractivity contribution < 1.29 is 9.13 Å². The summed E-state index contributed by atoms with van der Waals surface area (Å²) in [5, 5.41) is 3.80. The monoisotopic (exact) mass is 413 g/mol. The topological polar surface area (TPSA) is 21.3 Å². The van der Waals surface area contributed by atoms with Crippen molar-refractivity contribution in [3.8, 4) is 5.75 Å². The summed E-state index contributed by atoms with van der Waals surface area (Å²) in [5.74, 6) is 1.05. The molecule has 2 aromatic rings. The van der Waals surface area contributed by atoms with Gasteiger partial charge in [0.1, 0.15) is 18.2 Å². The van der Waals surface area contributed by atoms with E-state index in [1.165, 1.54) is 6.07 Å². The van der Waals surface area contributed by atoms with Crippen molar-refractivity contribution in [2.24, 2.45) is 5.92 Å². The maximum Gasteiger partial charge on any atom is 0.131 e. The highest BCUT2D eigenvalue weighted by atomic mass is 79.9. The molecule has 2 nitrogen and oxygen atoms in total. The first-order valence-corrected chi connectivity index (χ1v) is 9.19. The van der Waals surface area contributed by atoms with Crippen LogP contribution in [0.2, 0.25) is 5.02 Å². The fraction of sp³-hybridized carbons (Fsp3) is 0.368. The fourth-order valence-corrected chi connectivity index (χ4v) is 2.89. The molecule has 130 valence electrons. The highest BCUT2D eigenvalue weighted by Gasteiger charge is 2.10. The molecule has 2 aromatic carbocycles. The second-order valence-corrected chi connectivity index (χ2v) is 7.42. The van der Waals surface area contributed by atoms with Crippen molar-refractivity contribution in [3.05, 3.63) is 62.8 Å². The van der Waals surface area contributed by atoms with Crippen molar-refractivity contribution in [1.82, 2.24) is 5.32 Å².